The zero-order valence-corrected chi connectivity index (χ0v) is 39.3. The monoisotopic (exact) mass is 943 g/mol. The third kappa shape index (κ3) is 9.17. The Labute approximate surface area is 382 Å². The van der Waals surface area contributed by atoms with Gasteiger partial charge in [0.15, 0.2) is 5.82 Å². The third-order valence-corrected chi connectivity index (χ3v) is 16.2. The van der Waals surface area contributed by atoms with Gasteiger partial charge in [0.05, 0.1) is 29.6 Å². The average molecular weight is 944 g/mol. The van der Waals surface area contributed by atoms with Crippen LogP contribution in [0.5, 0.6) is 11.5 Å². The zero-order valence-electron chi connectivity index (χ0n) is 38.5. The van der Waals surface area contributed by atoms with Crippen LogP contribution in [-0.2, 0) is 24.4 Å². The molecule has 2 aliphatic heterocycles. The molecule has 4 aliphatic rings. The first kappa shape index (κ1) is 48.5. The average Bonchev–Trinajstić information content (AvgIpc) is 4.01. The molecule has 7 rings (SSSR count). The predicted molar refractivity (Wildman–Crippen MR) is 237 cm³/mol. The van der Waals surface area contributed by atoms with Gasteiger partial charge in [0, 0.05) is 36.1 Å². The summed E-state index contributed by atoms with van der Waals surface area (Å²) in [6.07, 6.45) is -1.04. The standard InChI is InChI=1S/C46H60F3N7O9S/c1-9-28-20-27(4)12-10-11-13-29-24-45(29,41(59)53-66(62,63)44(7)17-18-44)51-39(57)35-22-31(25-54(35)40(58)38(28)56(42(60)61)43(5,6)46(47,48)49)65-36-23-37(55-19-16-33(52-55)26(2)3)50-34-21-30(64-8)14-15-32(34)36/h11,13-16,19,21,23,26-29,31,35,38H,9-10,12,17-18,20,22,24-25H2,1-8H3,(H,51,57)(H,53,59)(H,60,61)/b13-11-/t27-,28-,29-,31-,35+,38+,45-/m1/s1. The molecule has 3 aromatic rings. The summed E-state index contributed by atoms with van der Waals surface area (Å²) in [5.74, 6) is -3.38. The van der Waals surface area contributed by atoms with Crippen molar-refractivity contribution in [1.29, 1.82) is 0 Å². The zero-order chi connectivity index (χ0) is 48.3. The molecule has 20 heteroatoms. The maximum atomic E-state index is 15.4. The minimum Gasteiger partial charge on any atom is -0.497 e. The maximum Gasteiger partial charge on any atom is 0.411 e. The molecule has 3 N–H and O–H groups in total. The number of alkyl halides is 3. The van der Waals surface area contributed by atoms with Gasteiger partial charge in [0.2, 0.25) is 21.8 Å². The summed E-state index contributed by atoms with van der Waals surface area (Å²) in [5.41, 5.74) is -3.55. The van der Waals surface area contributed by atoms with Crippen molar-refractivity contribution in [1.82, 2.24) is 34.6 Å². The second kappa shape index (κ2) is 17.7. The minimum absolute atomic E-state index is 0.0394. The SMILES string of the molecule is CC[C@@H]1C[C@H](C)CC/C=C\[C@@H]2C[C@@]2(C(=O)NS(=O)(=O)C2(C)CC2)NC(=O)[C@@H]2C[C@@H](Oc3cc(-n4ccc(C(C)C)n4)nc4cc(OC)ccc34)CN2C(=O)[C@H]1N(C(=O)O)C(C)(C)C(F)(F)F. The Morgan fingerprint density at radius 2 is 1.83 bits per heavy atom. The Morgan fingerprint density at radius 1 is 1.12 bits per heavy atom. The molecule has 0 unspecified atom stereocenters. The van der Waals surface area contributed by atoms with E-state index in [0.29, 0.717) is 62.0 Å². The number of carbonyl (C=O) groups is 4. The predicted octanol–water partition coefficient (Wildman–Crippen LogP) is 6.87. The Balaban J connectivity index is 1.33. The molecule has 16 nitrogen and oxygen atoms in total. The fourth-order valence-corrected chi connectivity index (χ4v) is 10.5. The molecule has 3 fully saturated rings. The molecule has 66 heavy (non-hydrogen) atoms. The number of aromatic nitrogens is 3. The number of nitrogens with one attached hydrogen (secondary N) is 2. The van der Waals surface area contributed by atoms with E-state index in [4.69, 9.17) is 14.5 Å². The number of hydrogen-bond acceptors (Lipinski definition) is 10. The normalized spacial score (nSPS) is 27.5. The molecule has 360 valence electrons. The number of pyridine rings is 1. The summed E-state index contributed by atoms with van der Waals surface area (Å²) in [4.78, 5) is 63.7. The van der Waals surface area contributed by atoms with Crippen LogP contribution in [-0.4, -0.2) is 116 Å². The number of amides is 4. The topological polar surface area (TPSA) is 202 Å². The number of ether oxygens (including phenoxy) is 2. The number of carbonyl (C=O) groups excluding carboxylic acids is 3. The van der Waals surface area contributed by atoms with E-state index in [1.165, 1.54) is 14.0 Å². The van der Waals surface area contributed by atoms with E-state index in [0.717, 1.165) is 10.6 Å². The van der Waals surface area contributed by atoms with E-state index < -0.39 is 85.9 Å². The molecular formula is C46H60F3N7O9S. The lowest BCUT2D eigenvalue weighted by Crippen LogP contribution is -2.66. The summed E-state index contributed by atoms with van der Waals surface area (Å²) in [5, 5.41) is 18.7. The van der Waals surface area contributed by atoms with Crippen molar-refractivity contribution in [3.8, 4) is 17.3 Å². The fourth-order valence-electron chi connectivity index (χ4n) is 9.23. The van der Waals surface area contributed by atoms with Crippen LogP contribution in [0.25, 0.3) is 16.7 Å². The third-order valence-electron chi connectivity index (χ3n) is 14.0. The molecule has 0 bridgehead atoms. The number of methoxy groups -OCH3 is 1. The molecule has 7 atom stereocenters. The van der Waals surface area contributed by atoms with Gasteiger partial charge in [-0.25, -0.2) is 22.9 Å². The highest BCUT2D eigenvalue weighted by molar-refractivity contribution is 7.91. The molecule has 4 heterocycles. The highest BCUT2D eigenvalue weighted by Crippen LogP contribution is 2.48. The number of hydrogen-bond donors (Lipinski definition) is 3. The Morgan fingerprint density at radius 3 is 2.44 bits per heavy atom. The summed E-state index contributed by atoms with van der Waals surface area (Å²) in [6.45, 7) is 10.1. The molecule has 2 aromatic heterocycles. The van der Waals surface area contributed by atoms with Crippen molar-refractivity contribution in [3.05, 3.63) is 54.4 Å². The van der Waals surface area contributed by atoms with Gasteiger partial charge in [-0.2, -0.15) is 18.3 Å². The van der Waals surface area contributed by atoms with Gasteiger partial charge in [-0.1, -0.05) is 46.3 Å². The first-order valence-electron chi connectivity index (χ1n) is 22.5. The van der Waals surface area contributed by atoms with Gasteiger partial charge in [-0.3, -0.25) is 24.0 Å². The second-order valence-corrected chi connectivity index (χ2v) is 21.7. The smallest absolute Gasteiger partial charge is 0.411 e. The van der Waals surface area contributed by atoms with Crippen molar-refractivity contribution in [3.63, 3.8) is 0 Å². The number of nitrogens with zero attached hydrogens (tertiary/aromatic N) is 5. The van der Waals surface area contributed by atoms with Crippen LogP contribution in [0.4, 0.5) is 18.0 Å². The van der Waals surface area contributed by atoms with Gasteiger partial charge in [0.1, 0.15) is 40.8 Å². The van der Waals surface area contributed by atoms with Crippen molar-refractivity contribution in [2.45, 2.75) is 146 Å². The van der Waals surface area contributed by atoms with Crippen LogP contribution in [0, 0.1) is 17.8 Å². The van der Waals surface area contributed by atoms with E-state index >= 15 is 4.79 Å². The van der Waals surface area contributed by atoms with E-state index in [-0.39, 0.29) is 54.7 Å². The lowest BCUT2D eigenvalue weighted by atomic mass is 9.82. The number of sulfonamides is 1. The van der Waals surface area contributed by atoms with Gasteiger partial charge in [0.25, 0.3) is 5.91 Å². The van der Waals surface area contributed by atoms with Gasteiger partial charge >= 0.3 is 12.3 Å². The largest absolute Gasteiger partial charge is 0.497 e. The lowest BCUT2D eigenvalue weighted by Gasteiger charge is -2.46. The van der Waals surface area contributed by atoms with E-state index in [1.807, 2.05) is 32.9 Å². The first-order chi connectivity index (χ1) is 30.9. The Kier molecular flexibility index (Phi) is 13.0. The first-order valence-corrected chi connectivity index (χ1v) is 24.0. The molecular weight excluding hydrogens is 884 g/mol. The number of rotatable bonds is 11. The Hall–Kier alpha value is -5.40. The summed E-state index contributed by atoms with van der Waals surface area (Å²) < 4.78 is 86.4. The van der Waals surface area contributed by atoms with E-state index in [9.17, 15) is 41.1 Å². The molecule has 0 radical (unpaired) electrons. The summed E-state index contributed by atoms with van der Waals surface area (Å²) >= 11 is 0. The number of allylic oxidation sites excluding steroid dienone is 1. The second-order valence-electron chi connectivity index (χ2n) is 19.5. The van der Waals surface area contributed by atoms with Crippen molar-refractivity contribution in [2.24, 2.45) is 17.8 Å². The van der Waals surface area contributed by atoms with Crippen molar-refractivity contribution >= 4 is 44.7 Å². The van der Waals surface area contributed by atoms with E-state index in [2.05, 4.69) is 15.1 Å². The molecule has 2 saturated carbocycles. The molecule has 1 aromatic carbocycles. The van der Waals surface area contributed by atoms with Crippen LogP contribution in [0.15, 0.2) is 48.7 Å². The summed E-state index contributed by atoms with van der Waals surface area (Å²) in [6, 6.07) is 5.20. The Bertz CT molecular complexity index is 2520. The number of halogens is 3. The highest BCUT2D eigenvalue weighted by Gasteiger charge is 2.64. The quantitative estimate of drug-likeness (QED) is 0.170. The van der Waals surface area contributed by atoms with Gasteiger partial charge in [-0.05, 0) is 95.2 Å². The van der Waals surface area contributed by atoms with E-state index in [1.54, 1.807) is 48.1 Å². The van der Waals surface area contributed by atoms with Crippen LogP contribution >= 0.6 is 0 Å². The molecule has 2 aliphatic carbocycles. The van der Waals surface area contributed by atoms with Crippen molar-refractivity contribution in [2.75, 3.05) is 13.7 Å². The van der Waals surface area contributed by atoms with Crippen LogP contribution in [0.2, 0.25) is 0 Å². The number of carboxylic acid groups (broad SMARTS) is 1. The van der Waals surface area contributed by atoms with Crippen LogP contribution in [0.1, 0.15) is 111 Å². The number of fused-ring (bicyclic) bond motifs is 3. The lowest BCUT2D eigenvalue weighted by molar-refractivity contribution is -0.222. The molecule has 4 amide bonds. The highest BCUT2D eigenvalue weighted by atomic mass is 32.2. The van der Waals surface area contributed by atoms with Crippen LogP contribution in [0.3, 0.4) is 0 Å². The van der Waals surface area contributed by atoms with Crippen molar-refractivity contribution < 1.29 is 55.3 Å². The fraction of sp³-hybridized carbons (Fsp3) is 0.609. The van der Waals surface area contributed by atoms with Gasteiger partial charge < -0.3 is 24.8 Å². The molecule has 1 saturated heterocycles. The van der Waals surface area contributed by atoms with Gasteiger partial charge in [-0.15, -0.1) is 0 Å². The maximum absolute atomic E-state index is 15.4. The van der Waals surface area contributed by atoms with Crippen LogP contribution < -0.4 is 19.5 Å². The number of benzene rings is 1. The molecule has 0 spiro atoms. The summed E-state index contributed by atoms with van der Waals surface area (Å²) in [7, 11) is -2.64. The minimum atomic E-state index is -5.11.